The lowest BCUT2D eigenvalue weighted by molar-refractivity contribution is -0.145. The van der Waals surface area contributed by atoms with Gasteiger partial charge in [0.05, 0.1) is 13.1 Å². The van der Waals surface area contributed by atoms with Gasteiger partial charge < -0.3 is 15.1 Å². The molecule has 0 saturated heterocycles. The Morgan fingerprint density at radius 2 is 1.72 bits per heavy atom. The van der Waals surface area contributed by atoms with Crippen molar-refractivity contribution in [3.05, 3.63) is 70.0 Å². The van der Waals surface area contributed by atoms with E-state index in [0.717, 1.165) is 34.5 Å². The van der Waals surface area contributed by atoms with E-state index >= 15 is 0 Å². The van der Waals surface area contributed by atoms with Gasteiger partial charge in [0, 0.05) is 64.0 Å². The van der Waals surface area contributed by atoms with Crippen LogP contribution in [0.4, 0.5) is 10.1 Å². The lowest BCUT2D eigenvalue weighted by atomic mass is 10.1. The first kappa shape index (κ1) is 34.1. The maximum absolute atomic E-state index is 13.6. The molecule has 2 N–H and O–H groups in total. The number of carbonyl (C=O) groups is 3. The van der Waals surface area contributed by atoms with Crippen molar-refractivity contribution in [3.8, 4) is 10.6 Å². The summed E-state index contributed by atoms with van der Waals surface area (Å²) in [7, 11) is 5.06. The summed E-state index contributed by atoms with van der Waals surface area (Å²) in [6.07, 6.45) is 0. The molecule has 1 aliphatic heterocycles. The number of fused-ring (bicyclic) bond motifs is 1. The number of benzene rings is 2. The first-order chi connectivity index (χ1) is 20.1. The Hall–Kier alpha value is -3.42. The van der Waals surface area contributed by atoms with E-state index in [-0.39, 0.29) is 49.0 Å². The predicted octanol–water partition coefficient (Wildman–Crippen LogP) is 3.30. The van der Waals surface area contributed by atoms with Crippen LogP contribution in [0, 0.1) is 12.7 Å². The molecule has 3 amide bonds. The van der Waals surface area contributed by atoms with Crippen LogP contribution in [0.25, 0.3) is 10.6 Å². The minimum atomic E-state index is -0.292. The third-order valence-corrected chi connectivity index (χ3v) is 8.04. The smallest absolute Gasteiger partial charge is 0.272 e. The van der Waals surface area contributed by atoms with Gasteiger partial charge in [0.25, 0.3) is 11.8 Å². The molecule has 2 heterocycles. The number of nitrogens with one attached hydrogen (secondary N) is 2. The molecule has 0 saturated carbocycles. The summed E-state index contributed by atoms with van der Waals surface area (Å²) >= 11 is 1.38. The SMILES string of the molecule is CCNCCN(C(=O)CNCC(=O)N(C)N1Cc2ccc(F)cc2C1)c1cc(-c2nc(C(=O)N(C)C)cs2)ccc1C.Cl. The zero-order valence-corrected chi connectivity index (χ0v) is 26.8. The number of nitrogens with zero attached hydrogens (tertiary/aromatic N) is 5. The highest BCUT2D eigenvalue weighted by Crippen LogP contribution is 2.30. The van der Waals surface area contributed by atoms with E-state index < -0.39 is 0 Å². The van der Waals surface area contributed by atoms with Crippen molar-refractivity contribution in [2.45, 2.75) is 26.9 Å². The van der Waals surface area contributed by atoms with Gasteiger partial charge >= 0.3 is 0 Å². The highest BCUT2D eigenvalue weighted by atomic mass is 35.5. The van der Waals surface area contributed by atoms with Gasteiger partial charge in [0.1, 0.15) is 16.5 Å². The second-order valence-electron chi connectivity index (χ2n) is 10.4. The van der Waals surface area contributed by atoms with Crippen LogP contribution >= 0.6 is 23.7 Å². The third-order valence-electron chi connectivity index (χ3n) is 7.15. The molecule has 4 rings (SSSR count). The minimum absolute atomic E-state index is 0. The van der Waals surface area contributed by atoms with Gasteiger partial charge in [0.15, 0.2) is 0 Å². The van der Waals surface area contributed by atoms with E-state index in [4.69, 9.17) is 0 Å². The number of hydrazine groups is 1. The second kappa shape index (κ2) is 15.3. The van der Waals surface area contributed by atoms with Crippen molar-refractivity contribution in [2.75, 3.05) is 58.8 Å². The van der Waals surface area contributed by atoms with Crippen LogP contribution in [0.15, 0.2) is 41.8 Å². The number of anilines is 1. The second-order valence-corrected chi connectivity index (χ2v) is 11.3. The molecule has 0 bridgehead atoms. The summed E-state index contributed by atoms with van der Waals surface area (Å²) in [4.78, 5) is 46.5. The fourth-order valence-corrected chi connectivity index (χ4v) is 5.51. The number of hydrogen-bond donors (Lipinski definition) is 2. The topological polar surface area (TPSA) is 101 Å². The lowest BCUT2D eigenvalue weighted by Gasteiger charge is -2.28. The zero-order valence-electron chi connectivity index (χ0n) is 25.1. The first-order valence-corrected chi connectivity index (χ1v) is 14.8. The van der Waals surface area contributed by atoms with Gasteiger partial charge in [-0.05, 0) is 48.4 Å². The third kappa shape index (κ3) is 8.36. The number of carbonyl (C=O) groups excluding carboxylic acids is 3. The Kier molecular flexibility index (Phi) is 12.2. The molecular weight excluding hydrogens is 593 g/mol. The van der Waals surface area contributed by atoms with Gasteiger partial charge in [-0.2, -0.15) is 0 Å². The van der Waals surface area contributed by atoms with Crippen LogP contribution in [0.2, 0.25) is 0 Å². The molecule has 0 spiro atoms. The summed E-state index contributed by atoms with van der Waals surface area (Å²) < 4.78 is 13.6. The van der Waals surface area contributed by atoms with E-state index in [1.807, 2.05) is 37.1 Å². The molecule has 0 fully saturated rings. The fourth-order valence-electron chi connectivity index (χ4n) is 4.72. The predicted molar refractivity (Wildman–Crippen MR) is 170 cm³/mol. The fraction of sp³-hybridized carbons (Fsp3) is 0.400. The van der Waals surface area contributed by atoms with Crippen LogP contribution < -0.4 is 15.5 Å². The average molecular weight is 632 g/mol. The lowest BCUT2D eigenvalue weighted by Crippen LogP contribution is -2.47. The summed E-state index contributed by atoms with van der Waals surface area (Å²) in [6.45, 7) is 6.69. The quantitative estimate of drug-likeness (QED) is 0.296. The average Bonchev–Trinajstić information content (AvgIpc) is 3.62. The van der Waals surface area contributed by atoms with Crippen LogP contribution in [0.3, 0.4) is 0 Å². The Bertz CT molecular complexity index is 1450. The Morgan fingerprint density at radius 3 is 2.44 bits per heavy atom. The van der Waals surface area contributed by atoms with Gasteiger partial charge in [-0.25, -0.2) is 14.4 Å². The summed E-state index contributed by atoms with van der Waals surface area (Å²) in [5.41, 5.74) is 4.72. The number of rotatable bonds is 12. The molecule has 10 nitrogen and oxygen atoms in total. The van der Waals surface area contributed by atoms with Gasteiger partial charge in [-0.1, -0.05) is 25.1 Å². The number of amides is 3. The number of likely N-dealkylation sites (N-methyl/N-ethyl adjacent to an activating group) is 2. The molecule has 3 aromatic rings. The van der Waals surface area contributed by atoms with Crippen LogP contribution in [-0.4, -0.2) is 91.5 Å². The van der Waals surface area contributed by atoms with E-state index in [2.05, 4.69) is 15.6 Å². The maximum Gasteiger partial charge on any atom is 0.272 e. The molecule has 43 heavy (non-hydrogen) atoms. The Balaban J connectivity index is 0.00000506. The van der Waals surface area contributed by atoms with Gasteiger partial charge in [-0.15, -0.1) is 23.7 Å². The summed E-state index contributed by atoms with van der Waals surface area (Å²) in [5.74, 6) is -0.822. The highest BCUT2D eigenvalue weighted by Gasteiger charge is 2.26. The maximum atomic E-state index is 13.6. The Morgan fingerprint density at radius 1 is 1.00 bits per heavy atom. The number of thiazole rings is 1. The van der Waals surface area contributed by atoms with Gasteiger partial charge in [-0.3, -0.25) is 24.7 Å². The number of halogens is 2. The van der Waals surface area contributed by atoms with Crippen molar-refractivity contribution in [2.24, 2.45) is 0 Å². The Labute approximate surface area is 262 Å². The van der Waals surface area contributed by atoms with Crippen molar-refractivity contribution in [3.63, 3.8) is 0 Å². The van der Waals surface area contributed by atoms with E-state index in [1.54, 1.807) is 37.5 Å². The van der Waals surface area contributed by atoms with E-state index in [0.29, 0.717) is 36.9 Å². The van der Waals surface area contributed by atoms with E-state index in [9.17, 15) is 18.8 Å². The summed E-state index contributed by atoms with van der Waals surface area (Å²) in [6, 6.07) is 10.5. The molecule has 232 valence electrons. The standard InChI is InChI=1S/C30H38FN7O3S.ClH/c1-6-32-11-12-38(26-14-21(8-7-20(26)2)29-34-25(19-42-29)30(41)35(3)4)28(40)16-33-15-27(39)36(5)37-17-22-9-10-24(31)13-23(22)18-37;/h7-10,13-14,19,32-33H,6,11-12,15-18H2,1-5H3;1H. The molecule has 0 atom stereocenters. The van der Waals surface area contributed by atoms with Crippen molar-refractivity contribution in [1.82, 2.24) is 30.5 Å². The number of aromatic nitrogens is 1. The highest BCUT2D eigenvalue weighted by molar-refractivity contribution is 7.13. The molecule has 1 aromatic heterocycles. The number of aryl methyl sites for hydroxylation is 1. The van der Waals surface area contributed by atoms with Crippen LogP contribution in [-0.2, 0) is 22.7 Å². The van der Waals surface area contributed by atoms with Crippen LogP contribution in [0.5, 0.6) is 0 Å². The molecular formula is C30H39ClFN7O3S. The van der Waals surface area contributed by atoms with Crippen molar-refractivity contribution >= 4 is 47.2 Å². The molecule has 0 radical (unpaired) electrons. The minimum Gasteiger partial charge on any atom is -0.343 e. The van der Waals surface area contributed by atoms with E-state index in [1.165, 1.54) is 33.4 Å². The molecule has 13 heteroatoms. The largest absolute Gasteiger partial charge is 0.343 e. The normalized spacial score (nSPS) is 12.4. The zero-order chi connectivity index (χ0) is 30.4. The van der Waals surface area contributed by atoms with Crippen LogP contribution in [0.1, 0.15) is 34.1 Å². The number of hydrogen-bond acceptors (Lipinski definition) is 8. The molecule has 0 unspecified atom stereocenters. The van der Waals surface area contributed by atoms with Crippen molar-refractivity contribution < 1.29 is 18.8 Å². The van der Waals surface area contributed by atoms with Crippen molar-refractivity contribution in [1.29, 1.82) is 0 Å². The monoisotopic (exact) mass is 631 g/mol. The van der Waals surface area contributed by atoms with Gasteiger partial charge in [0.2, 0.25) is 5.91 Å². The molecule has 1 aliphatic rings. The molecule has 0 aliphatic carbocycles. The summed E-state index contributed by atoms with van der Waals surface area (Å²) in [5, 5.41) is 12.1. The molecule has 2 aromatic carbocycles. The first-order valence-electron chi connectivity index (χ1n) is 13.9.